The Bertz CT molecular complexity index is 860. The van der Waals surface area contributed by atoms with Crippen molar-refractivity contribution in [1.29, 1.82) is 0 Å². The summed E-state index contributed by atoms with van der Waals surface area (Å²) in [7, 11) is 1.64. The van der Waals surface area contributed by atoms with Crippen molar-refractivity contribution in [3.63, 3.8) is 0 Å². The number of piperazine rings is 1. The zero-order valence-corrected chi connectivity index (χ0v) is 17.7. The van der Waals surface area contributed by atoms with Crippen LogP contribution < -0.4 is 14.5 Å². The van der Waals surface area contributed by atoms with Crippen LogP contribution >= 0.6 is 0 Å². The van der Waals surface area contributed by atoms with Crippen LogP contribution in [0, 0.1) is 6.92 Å². The van der Waals surface area contributed by atoms with E-state index in [0.717, 1.165) is 68.2 Å². The van der Waals surface area contributed by atoms with E-state index in [1.807, 2.05) is 36.1 Å². The lowest BCUT2D eigenvalue weighted by Gasteiger charge is -2.36. The van der Waals surface area contributed by atoms with Crippen molar-refractivity contribution in [2.24, 2.45) is 0 Å². The Morgan fingerprint density at radius 2 is 1.57 bits per heavy atom. The number of carbonyl (C=O) groups excluding carboxylic acids is 1. The smallest absolute Gasteiger partial charge is 0.227 e. The standard InChI is InChI=1S/C22H29N5O3/c1-17-23-20(16-21(24-17)26-11-13-30-14-12-26)25-7-9-27(10-8-25)22(28)15-18-3-5-19(29-2)6-4-18/h3-6,16H,7-15H2,1-2H3. The molecule has 30 heavy (non-hydrogen) atoms. The summed E-state index contributed by atoms with van der Waals surface area (Å²) in [6.45, 7) is 8.03. The Morgan fingerprint density at radius 1 is 0.967 bits per heavy atom. The van der Waals surface area contributed by atoms with E-state index in [2.05, 4.69) is 25.8 Å². The highest BCUT2D eigenvalue weighted by Crippen LogP contribution is 2.21. The maximum Gasteiger partial charge on any atom is 0.227 e. The zero-order chi connectivity index (χ0) is 20.9. The minimum atomic E-state index is 0.160. The zero-order valence-electron chi connectivity index (χ0n) is 17.7. The molecule has 8 nitrogen and oxygen atoms in total. The molecule has 1 aromatic heterocycles. The van der Waals surface area contributed by atoms with Gasteiger partial charge in [-0.05, 0) is 24.6 Å². The quantitative estimate of drug-likeness (QED) is 0.739. The number of hydrogen-bond acceptors (Lipinski definition) is 7. The van der Waals surface area contributed by atoms with Crippen LogP contribution in [0.1, 0.15) is 11.4 Å². The van der Waals surface area contributed by atoms with E-state index in [1.165, 1.54) is 0 Å². The number of nitrogens with zero attached hydrogens (tertiary/aromatic N) is 5. The second kappa shape index (κ2) is 9.30. The van der Waals surface area contributed by atoms with Crippen LogP contribution in [0.25, 0.3) is 0 Å². The fraction of sp³-hybridized carbons (Fsp3) is 0.500. The lowest BCUT2D eigenvalue weighted by atomic mass is 10.1. The van der Waals surface area contributed by atoms with Gasteiger partial charge in [0.1, 0.15) is 23.2 Å². The van der Waals surface area contributed by atoms with Gasteiger partial charge in [0.15, 0.2) is 0 Å². The number of aromatic nitrogens is 2. The second-order valence-electron chi connectivity index (χ2n) is 7.62. The van der Waals surface area contributed by atoms with Gasteiger partial charge < -0.3 is 24.2 Å². The van der Waals surface area contributed by atoms with Gasteiger partial charge in [-0.3, -0.25) is 4.79 Å². The molecule has 4 rings (SSSR count). The topological polar surface area (TPSA) is 71.0 Å². The van der Waals surface area contributed by atoms with Crippen LogP contribution in [0.4, 0.5) is 11.6 Å². The SMILES string of the molecule is COc1ccc(CC(=O)N2CCN(c3cc(N4CCOCC4)nc(C)n3)CC2)cc1. The van der Waals surface area contributed by atoms with Crippen molar-refractivity contribution in [1.82, 2.24) is 14.9 Å². The molecule has 3 heterocycles. The molecule has 0 bridgehead atoms. The van der Waals surface area contributed by atoms with Crippen molar-refractivity contribution in [3.8, 4) is 5.75 Å². The van der Waals surface area contributed by atoms with Crippen molar-refractivity contribution in [3.05, 3.63) is 41.7 Å². The van der Waals surface area contributed by atoms with Crippen molar-refractivity contribution >= 4 is 17.5 Å². The van der Waals surface area contributed by atoms with E-state index >= 15 is 0 Å². The summed E-state index contributed by atoms with van der Waals surface area (Å²) in [4.78, 5) is 28.4. The van der Waals surface area contributed by atoms with E-state index in [-0.39, 0.29) is 5.91 Å². The number of carbonyl (C=O) groups is 1. The Kier molecular flexibility index (Phi) is 6.32. The van der Waals surface area contributed by atoms with Crippen LogP contribution in [0.5, 0.6) is 5.75 Å². The first kappa shape index (κ1) is 20.4. The lowest BCUT2D eigenvalue weighted by Crippen LogP contribution is -2.49. The lowest BCUT2D eigenvalue weighted by molar-refractivity contribution is -0.130. The number of benzene rings is 1. The fourth-order valence-corrected chi connectivity index (χ4v) is 3.87. The summed E-state index contributed by atoms with van der Waals surface area (Å²) in [5.41, 5.74) is 1.00. The predicted octanol–water partition coefficient (Wildman–Crippen LogP) is 1.52. The average Bonchev–Trinajstić information content (AvgIpc) is 2.80. The Labute approximate surface area is 177 Å². The van der Waals surface area contributed by atoms with Gasteiger partial charge in [-0.1, -0.05) is 12.1 Å². The van der Waals surface area contributed by atoms with E-state index < -0.39 is 0 Å². The van der Waals surface area contributed by atoms with Gasteiger partial charge in [0.05, 0.1) is 26.7 Å². The molecule has 0 N–H and O–H groups in total. The average molecular weight is 412 g/mol. The fourth-order valence-electron chi connectivity index (χ4n) is 3.87. The number of amides is 1. The monoisotopic (exact) mass is 411 g/mol. The molecule has 0 spiro atoms. The van der Waals surface area contributed by atoms with Gasteiger partial charge in [0, 0.05) is 45.3 Å². The molecule has 2 fully saturated rings. The number of aryl methyl sites for hydroxylation is 1. The molecule has 0 atom stereocenters. The summed E-state index contributed by atoms with van der Waals surface area (Å²) in [6.07, 6.45) is 0.414. The Morgan fingerprint density at radius 3 is 2.17 bits per heavy atom. The molecule has 0 unspecified atom stereocenters. The van der Waals surface area contributed by atoms with Crippen LogP contribution in [-0.4, -0.2) is 80.4 Å². The van der Waals surface area contributed by atoms with E-state index in [1.54, 1.807) is 7.11 Å². The molecule has 2 saturated heterocycles. The highest BCUT2D eigenvalue weighted by atomic mass is 16.5. The maximum atomic E-state index is 12.7. The number of anilines is 2. The summed E-state index contributed by atoms with van der Waals surface area (Å²) in [5.74, 6) is 3.63. The first-order valence-corrected chi connectivity index (χ1v) is 10.5. The molecule has 8 heteroatoms. The summed E-state index contributed by atoms with van der Waals surface area (Å²) in [5, 5.41) is 0. The van der Waals surface area contributed by atoms with Crippen LogP contribution in [0.3, 0.4) is 0 Å². The molecule has 2 aliphatic rings. The molecule has 160 valence electrons. The van der Waals surface area contributed by atoms with Gasteiger partial charge in [-0.15, -0.1) is 0 Å². The highest BCUT2D eigenvalue weighted by molar-refractivity contribution is 5.79. The number of morpholine rings is 1. The van der Waals surface area contributed by atoms with Crippen LogP contribution in [-0.2, 0) is 16.0 Å². The third kappa shape index (κ3) is 4.81. The first-order chi connectivity index (χ1) is 14.6. The molecule has 1 aromatic carbocycles. The minimum Gasteiger partial charge on any atom is -0.497 e. The van der Waals surface area contributed by atoms with Gasteiger partial charge in [0.2, 0.25) is 5.91 Å². The predicted molar refractivity (Wildman–Crippen MR) is 115 cm³/mol. The van der Waals surface area contributed by atoms with Crippen molar-refractivity contribution in [2.75, 3.05) is 69.4 Å². The molecule has 0 radical (unpaired) electrons. The third-order valence-corrected chi connectivity index (χ3v) is 5.62. The number of hydrogen-bond donors (Lipinski definition) is 0. The Hall–Kier alpha value is -2.87. The van der Waals surface area contributed by atoms with Crippen LogP contribution in [0.2, 0.25) is 0 Å². The van der Waals surface area contributed by atoms with Gasteiger partial charge in [-0.2, -0.15) is 0 Å². The van der Waals surface area contributed by atoms with Gasteiger partial charge in [0.25, 0.3) is 0 Å². The molecule has 2 aliphatic heterocycles. The van der Waals surface area contributed by atoms with E-state index in [4.69, 9.17) is 9.47 Å². The van der Waals surface area contributed by atoms with Gasteiger partial charge in [-0.25, -0.2) is 9.97 Å². The third-order valence-electron chi connectivity index (χ3n) is 5.62. The molecule has 2 aromatic rings. The number of ether oxygens (including phenoxy) is 2. The minimum absolute atomic E-state index is 0.160. The molecular weight excluding hydrogens is 382 g/mol. The number of methoxy groups -OCH3 is 1. The highest BCUT2D eigenvalue weighted by Gasteiger charge is 2.23. The maximum absolute atomic E-state index is 12.7. The van der Waals surface area contributed by atoms with E-state index in [0.29, 0.717) is 19.5 Å². The second-order valence-corrected chi connectivity index (χ2v) is 7.62. The summed E-state index contributed by atoms with van der Waals surface area (Å²) < 4.78 is 10.6. The van der Waals surface area contributed by atoms with Crippen LogP contribution in [0.15, 0.2) is 30.3 Å². The normalized spacial score (nSPS) is 17.2. The molecule has 1 amide bonds. The first-order valence-electron chi connectivity index (χ1n) is 10.5. The van der Waals surface area contributed by atoms with E-state index in [9.17, 15) is 4.79 Å². The van der Waals surface area contributed by atoms with Crippen molar-refractivity contribution < 1.29 is 14.3 Å². The van der Waals surface area contributed by atoms with Crippen molar-refractivity contribution in [2.45, 2.75) is 13.3 Å². The summed E-state index contributed by atoms with van der Waals surface area (Å²) in [6, 6.07) is 9.74. The molecule has 0 saturated carbocycles. The Balaban J connectivity index is 1.35. The molecule has 0 aliphatic carbocycles. The largest absolute Gasteiger partial charge is 0.497 e. The number of rotatable bonds is 5. The molecular formula is C22H29N5O3. The summed E-state index contributed by atoms with van der Waals surface area (Å²) >= 11 is 0. The van der Waals surface area contributed by atoms with Gasteiger partial charge >= 0.3 is 0 Å².